The molecule has 0 N–H and O–H groups in total. The van der Waals surface area contributed by atoms with E-state index in [1.807, 2.05) is 0 Å². The van der Waals surface area contributed by atoms with Gasteiger partial charge < -0.3 is 9.15 Å². The van der Waals surface area contributed by atoms with Gasteiger partial charge in [-0.2, -0.15) is 4.39 Å². The van der Waals surface area contributed by atoms with Gasteiger partial charge in [-0.05, 0) is 49.1 Å². The molecule has 0 aliphatic rings. The van der Waals surface area contributed by atoms with Gasteiger partial charge in [-0.3, -0.25) is 0 Å². The lowest BCUT2D eigenvalue weighted by atomic mass is 10.1. The fraction of sp³-hybridized carbons (Fsp3) is 0.500. The van der Waals surface area contributed by atoms with E-state index in [4.69, 9.17) is 9.15 Å². The fourth-order valence-corrected chi connectivity index (χ4v) is 4.19. The van der Waals surface area contributed by atoms with E-state index in [1.54, 1.807) is 18.5 Å². The fourth-order valence-electron chi connectivity index (χ4n) is 4.19. The third-order valence-corrected chi connectivity index (χ3v) is 6.40. The van der Waals surface area contributed by atoms with E-state index in [-0.39, 0.29) is 17.1 Å². The van der Waals surface area contributed by atoms with Gasteiger partial charge in [0.2, 0.25) is 11.6 Å². The van der Waals surface area contributed by atoms with Crippen molar-refractivity contribution in [3.8, 4) is 17.1 Å². The largest absolute Gasteiger partial charge is 0.454 e. The molecule has 2 heterocycles. The van der Waals surface area contributed by atoms with Crippen molar-refractivity contribution in [1.29, 1.82) is 0 Å². The van der Waals surface area contributed by atoms with Crippen LogP contribution in [0.1, 0.15) is 106 Å². The molecule has 0 saturated carbocycles. The van der Waals surface area contributed by atoms with E-state index in [2.05, 4.69) is 23.8 Å². The van der Waals surface area contributed by atoms with Crippen molar-refractivity contribution in [2.24, 2.45) is 0 Å². The second-order valence-corrected chi connectivity index (χ2v) is 9.49. The van der Waals surface area contributed by atoms with Crippen molar-refractivity contribution >= 4 is 5.97 Å². The number of halogens is 2. The summed E-state index contributed by atoms with van der Waals surface area (Å²) in [6, 6.07) is 5.69. The minimum absolute atomic E-state index is 0.0502. The molecule has 0 amide bonds. The van der Waals surface area contributed by atoms with Crippen LogP contribution in [0.25, 0.3) is 11.4 Å². The second kappa shape index (κ2) is 15.2. The van der Waals surface area contributed by atoms with Crippen molar-refractivity contribution in [3.05, 3.63) is 65.4 Å². The summed E-state index contributed by atoms with van der Waals surface area (Å²) in [5, 5.41) is 0. The Morgan fingerprint density at radius 3 is 2.11 bits per heavy atom. The minimum atomic E-state index is -1.27. The summed E-state index contributed by atoms with van der Waals surface area (Å²) in [7, 11) is 0. The number of benzene rings is 1. The zero-order chi connectivity index (χ0) is 26.5. The summed E-state index contributed by atoms with van der Waals surface area (Å²) in [6.45, 7) is 4.32. The molecule has 7 heteroatoms. The summed E-state index contributed by atoms with van der Waals surface area (Å²) >= 11 is 0. The van der Waals surface area contributed by atoms with Gasteiger partial charge in [-0.15, -0.1) is 0 Å². The molecule has 0 radical (unpaired) electrons. The Kier molecular flexibility index (Phi) is 11.7. The van der Waals surface area contributed by atoms with Crippen LogP contribution in [0, 0.1) is 11.6 Å². The summed E-state index contributed by atoms with van der Waals surface area (Å²) < 4.78 is 40.1. The van der Waals surface area contributed by atoms with Crippen LogP contribution in [0.2, 0.25) is 0 Å². The summed E-state index contributed by atoms with van der Waals surface area (Å²) in [4.78, 5) is 20.8. The van der Waals surface area contributed by atoms with E-state index in [0.717, 1.165) is 44.1 Å². The standard InChI is InChI=1S/C30H38F2N2O3/c1-3-5-7-8-9-10-11-13-14-22-20-33-29(34-21-22)24-17-19-25(28(32)27(24)31)37-30(35)26-18-16-23(36-26)15-12-6-4-2/h16-21H,3-15H2,1-2H3. The Balaban J connectivity index is 1.53. The molecule has 0 aliphatic heterocycles. The lowest BCUT2D eigenvalue weighted by molar-refractivity contribution is 0.0691. The van der Waals surface area contributed by atoms with Crippen LogP contribution in [0.3, 0.4) is 0 Å². The first kappa shape index (κ1) is 28.5. The molecule has 0 saturated heterocycles. The number of hydrogen-bond acceptors (Lipinski definition) is 5. The number of hydrogen-bond donors (Lipinski definition) is 0. The molecule has 3 aromatic rings. The number of carbonyl (C=O) groups excluding carboxylic acids is 1. The molecular formula is C30H38F2N2O3. The van der Waals surface area contributed by atoms with E-state index in [0.29, 0.717) is 12.2 Å². The molecule has 0 aliphatic carbocycles. The molecule has 0 bridgehead atoms. The molecule has 0 spiro atoms. The molecule has 0 unspecified atom stereocenters. The SMILES string of the molecule is CCCCCCCCCCc1cnc(-c2ccc(OC(=O)c3ccc(CCCCC)o3)c(F)c2F)nc1. The first-order chi connectivity index (χ1) is 18.0. The zero-order valence-corrected chi connectivity index (χ0v) is 22.0. The average Bonchev–Trinajstić information content (AvgIpc) is 3.38. The maximum Gasteiger partial charge on any atom is 0.379 e. The molecule has 1 aromatic carbocycles. The Bertz CT molecular complexity index is 1110. The van der Waals surface area contributed by atoms with Crippen LogP contribution in [-0.4, -0.2) is 15.9 Å². The first-order valence-electron chi connectivity index (χ1n) is 13.6. The summed E-state index contributed by atoms with van der Waals surface area (Å²) in [6.07, 6.45) is 17.8. The molecule has 0 fully saturated rings. The molecule has 37 heavy (non-hydrogen) atoms. The van der Waals surface area contributed by atoms with Gasteiger partial charge in [0.15, 0.2) is 17.4 Å². The molecule has 5 nitrogen and oxygen atoms in total. The van der Waals surface area contributed by atoms with Gasteiger partial charge in [0.25, 0.3) is 0 Å². The molecule has 200 valence electrons. The van der Waals surface area contributed by atoms with Crippen LogP contribution < -0.4 is 4.74 Å². The first-order valence-corrected chi connectivity index (χ1v) is 13.6. The van der Waals surface area contributed by atoms with Crippen molar-refractivity contribution in [3.63, 3.8) is 0 Å². The highest BCUT2D eigenvalue weighted by molar-refractivity contribution is 5.88. The van der Waals surface area contributed by atoms with E-state index in [1.165, 1.54) is 56.7 Å². The molecule has 3 rings (SSSR count). The second-order valence-electron chi connectivity index (χ2n) is 9.49. The number of aromatic nitrogens is 2. The van der Waals surface area contributed by atoms with Gasteiger partial charge in [-0.1, -0.05) is 71.6 Å². The van der Waals surface area contributed by atoms with E-state index >= 15 is 0 Å². The van der Waals surface area contributed by atoms with Gasteiger partial charge in [-0.25, -0.2) is 19.2 Å². The molecule has 2 aromatic heterocycles. The number of rotatable bonds is 16. The third kappa shape index (κ3) is 8.76. The van der Waals surface area contributed by atoms with Crippen LogP contribution >= 0.6 is 0 Å². The number of unbranched alkanes of at least 4 members (excludes halogenated alkanes) is 9. The lowest BCUT2D eigenvalue weighted by Crippen LogP contribution is -2.09. The predicted octanol–water partition coefficient (Wildman–Crippen LogP) is 8.65. The normalized spacial score (nSPS) is 11.1. The van der Waals surface area contributed by atoms with Gasteiger partial charge in [0.05, 0.1) is 5.56 Å². The number of ether oxygens (including phenoxy) is 1. The van der Waals surface area contributed by atoms with E-state index < -0.39 is 23.4 Å². The number of aryl methyl sites for hydroxylation is 2. The lowest BCUT2D eigenvalue weighted by Gasteiger charge is -2.08. The van der Waals surface area contributed by atoms with Crippen LogP contribution in [-0.2, 0) is 12.8 Å². The van der Waals surface area contributed by atoms with Gasteiger partial charge >= 0.3 is 5.97 Å². The van der Waals surface area contributed by atoms with Crippen LogP contribution in [0.5, 0.6) is 5.75 Å². The number of furan rings is 1. The quantitative estimate of drug-likeness (QED) is 0.109. The maximum absolute atomic E-state index is 14.8. The monoisotopic (exact) mass is 512 g/mol. The predicted molar refractivity (Wildman–Crippen MR) is 141 cm³/mol. The Morgan fingerprint density at radius 1 is 0.784 bits per heavy atom. The number of nitrogens with zero attached hydrogens (tertiary/aromatic N) is 2. The minimum Gasteiger partial charge on any atom is -0.454 e. The average molecular weight is 513 g/mol. The Labute approximate surface area is 218 Å². The summed E-state index contributed by atoms with van der Waals surface area (Å²) in [5.74, 6) is -3.14. The van der Waals surface area contributed by atoms with Crippen molar-refractivity contribution in [1.82, 2.24) is 9.97 Å². The highest BCUT2D eigenvalue weighted by Crippen LogP contribution is 2.29. The van der Waals surface area contributed by atoms with Crippen LogP contribution in [0.4, 0.5) is 8.78 Å². The highest BCUT2D eigenvalue weighted by Gasteiger charge is 2.21. The van der Waals surface area contributed by atoms with Crippen LogP contribution in [0.15, 0.2) is 41.1 Å². The van der Waals surface area contributed by atoms with Crippen molar-refractivity contribution in [2.45, 2.75) is 97.3 Å². The van der Waals surface area contributed by atoms with E-state index in [9.17, 15) is 13.6 Å². The topological polar surface area (TPSA) is 65.2 Å². The Hall–Kier alpha value is -3.09. The van der Waals surface area contributed by atoms with Crippen molar-refractivity contribution < 1.29 is 22.7 Å². The Morgan fingerprint density at radius 2 is 1.41 bits per heavy atom. The number of carbonyl (C=O) groups is 1. The smallest absolute Gasteiger partial charge is 0.379 e. The number of esters is 1. The third-order valence-electron chi connectivity index (χ3n) is 6.40. The maximum atomic E-state index is 14.8. The molecular weight excluding hydrogens is 474 g/mol. The zero-order valence-electron chi connectivity index (χ0n) is 22.0. The van der Waals surface area contributed by atoms with Gasteiger partial charge in [0.1, 0.15) is 5.76 Å². The van der Waals surface area contributed by atoms with Gasteiger partial charge in [0, 0.05) is 18.8 Å². The summed E-state index contributed by atoms with van der Waals surface area (Å²) in [5.41, 5.74) is 0.876. The highest BCUT2D eigenvalue weighted by atomic mass is 19.2. The van der Waals surface area contributed by atoms with Crippen molar-refractivity contribution in [2.75, 3.05) is 0 Å². The molecule has 0 atom stereocenters.